The lowest BCUT2D eigenvalue weighted by atomic mass is 9.81. The van der Waals surface area contributed by atoms with E-state index in [1.165, 1.54) is 6.08 Å². The molecule has 0 spiro atoms. The van der Waals surface area contributed by atoms with Gasteiger partial charge >= 0.3 is 0 Å². The second-order valence-corrected chi connectivity index (χ2v) is 10.2. The second kappa shape index (κ2) is 11.7. The molecule has 2 heterocycles. The maximum atomic E-state index is 12.6. The van der Waals surface area contributed by atoms with E-state index in [4.69, 9.17) is 23.2 Å². The van der Waals surface area contributed by atoms with Crippen LogP contribution in [0.2, 0.25) is 10.0 Å². The van der Waals surface area contributed by atoms with Gasteiger partial charge in [0.2, 0.25) is 11.8 Å². The van der Waals surface area contributed by atoms with Gasteiger partial charge in [-0.3, -0.25) is 9.59 Å². The summed E-state index contributed by atoms with van der Waals surface area (Å²) in [4.78, 5) is 30.7. The number of carbonyl (C=O) groups is 2. The van der Waals surface area contributed by atoms with Crippen LogP contribution in [0.15, 0.2) is 24.3 Å². The molecule has 33 heavy (non-hydrogen) atoms. The minimum absolute atomic E-state index is 0.0352. The van der Waals surface area contributed by atoms with Gasteiger partial charge < -0.3 is 24.9 Å². The molecule has 2 amide bonds. The summed E-state index contributed by atoms with van der Waals surface area (Å²) >= 11 is 11.9. The summed E-state index contributed by atoms with van der Waals surface area (Å²) in [6.45, 7) is 5.85. The maximum Gasteiger partial charge on any atom is 0.246 e. The minimum atomic E-state index is -0.649. The van der Waals surface area contributed by atoms with Crippen molar-refractivity contribution in [3.05, 3.63) is 39.9 Å². The van der Waals surface area contributed by atoms with Crippen molar-refractivity contribution in [2.45, 2.75) is 32.3 Å². The molecule has 182 valence electrons. The molecule has 2 aliphatic rings. The Bertz CT molecular complexity index is 871. The van der Waals surface area contributed by atoms with E-state index in [1.54, 1.807) is 34.1 Å². The molecule has 1 unspecified atom stereocenters. The summed E-state index contributed by atoms with van der Waals surface area (Å²) in [5.41, 5.74) is 0.734. The molecule has 9 heteroatoms. The number of amides is 2. The zero-order chi connectivity index (χ0) is 24.0. The Labute approximate surface area is 205 Å². The molecular formula is C24H33Cl2N3O4. The number of aliphatic hydroxyl groups is 2. The van der Waals surface area contributed by atoms with E-state index in [2.05, 4.69) is 11.8 Å². The number of benzene rings is 1. The zero-order valence-corrected chi connectivity index (χ0v) is 20.6. The molecule has 0 saturated carbocycles. The third kappa shape index (κ3) is 7.42. The highest BCUT2D eigenvalue weighted by atomic mass is 35.5. The van der Waals surface area contributed by atoms with Crippen molar-refractivity contribution in [3.8, 4) is 0 Å². The number of halogens is 2. The van der Waals surface area contributed by atoms with E-state index in [9.17, 15) is 19.8 Å². The molecular weight excluding hydrogens is 465 g/mol. The van der Waals surface area contributed by atoms with Crippen LogP contribution < -0.4 is 0 Å². The van der Waals surface area contributed by atoms with E-state index in [1.807, 2.05) is 0 Å². The monoisotopic (exact) mass is 497 g/mol. The number of carbonyl (C=O) groups excluding carboxylic acids is 2. The van der Waals surface area contributed by atoms with Gasteiger partial charge in [-0.25, -0.2) is 0 Å². The summed E-state index contributed by atoms with van der Waals surface area (Å²) in [5.74, 6) is -0.221. The predicted molar refractivity (Wildman–Crippen MR) is 130 cm³/mol. The molecule has 0 radical (unpaired) electrons. The highest BCUT2D eigenvalue weighted by Crippen LogP contribution is 2.30. The van der Waals surface area contributed by atoms with E-state index in [0.717, 1.165) is 31.5 Å². The standard InChI is InChI=1S/C24H33Cl2N3O4/c1-24(17-30)7-10-27(11-8-24)15-19(31)16-29-13-12-28(9-6-23(29)33)22(32)5-3-18-2-4-20(25)21(26)14-18/h2-5,14,19,30-31H,6-13,15-17H2,1H3/b5-3+. The summed E-state index contributed by atoms with van der Waals surface area (Å²) in [7, 11) is 0. The van der Waals surface area contributed by atoms with Crippen LogP contribution in [-0.4, -0.2) is 95.3 Å². The molecule has 2 saturated heterocycles. The largest absolute Gasteiger partial charge is 0.396 e. The van der Waals surface area contributed by atoms with E-state index in [-0.39, 0.29) is 36.8 Å². The number of hydrogen-bond acceptors (Lipinski definition) is 5. The number of nitrogens with zero attached hydrogens (tertiary/aromatic N) is 3. The molecule has 1 aromatic carbocycles. The zero-order valence-electron chi connectivity index (χ0n) is 19.1. The Balaban J connectivity index is 1.48. The van der Waals surface area contributed by atoms with Crippen LogP contribution in [0.25, 0.3) is 6.08 Å². The van der Waals surface area contributed by atoms with Gasteiger partial charge in [0, 0.05) is 51.8 Å². The van der Waals surface area contributed by atoms with Gasteiger partial charge in [-0.05, 0) is 55.1 Å². The lowest BCUT2D eigenvalue weighted by Gasteiger charge is -2.39. The van der Waals surface area contributed by atoms with Crippen molar-refractivity contribution >= 4 is 41.1 Å². The second-order valence-electron chi connectivity index (χ2n) is 9.35. The van der Waals surface area contributed by atoms with Crippen molar-refractivity contribution in [1.82, 2.24) is 14.7 Å². The van der Waals surface area contributed by atoms with Gasteiger partial charge in [0.05, 0.1) is 16.1 Å². The number of aliphatic hydroxyl groups excluding tert-OH is 2. The molecule has 1 aromatic rings. The van der Waals surface area contributed by atoms with Crippen LogP contribution >= 0.6 is 23.2 Å². The first-order chi connectivity index (χ1) is 15.7. The molecule has 2 N–H and O–H groups in total. The van der Waals surface area contributed by atoms with Crippen LogP contribution in [0.4, 0.5) is 0 Å². The fourth-order valence-corrected chi connectivity index (χ4v) is 4.52. The molecule has 3 rings (SSSR count). The molecule has 2 aliphatic heterocycles. The van der Waals surface area contributed by atoms with Crippen molar-refractivity contribution in [2.24, 2.45) is 5.41 Å². The Morgan fingerprint density at radius 1 is 1.12 bits per heavy atom. The molecule has 2 fully saturated rings. The molecule has 0 aromatic heterocycles. The number of piperidine rings is 1. The van der Waals surface area contributed by atoms with E-state index in [0.29, 0.717) is 36.2 Å². The first-order valence-corrected chi connectivity index (χ1v) is 12.2. The van der Waals surface area contributed by atoms with Gasteiger partial charge in [0.15, 0.2) is 0 Å². The Kier molecular flexibility index (Phi) is 9.18. The average Bonchev–Trinajstić information content (AvgIpc) is 2.98. The number of rotatable bonds is 7. The molecule has 1 atom stereocenters. The van der Waals surface area contributed by atoms with Gasteiger partial charge in [0.1, 0.15) is 0 Å². The van der Waals surface area contributed by atoms with Crippen LogP contribution in [0.1, 0.15) is 31.7 Å². The first-order valence-electron chi connectivity index (χ1n) is 11.4. The van der Waals surface area contributed by atoms with Gasteiger partial charge in [-0.15, -0.1) is 0 Å². The lowest BCUT2D eigenvalue weighted by Crippen LogP contribution is -2.47. The lowest BCUT2D eigenvalue weighted by molar-refractivity contribution is -0.132. The van der Waals surface area contributed by atoms with Crippen molar-refractivity contribution in [1.29, 1.82) is 0 Å². The van der Waals surface area contributed by atoms with Crippen molar-refractivity contribution in [3.63, 3.8) is 0 Å². The quantitative estimate of drug-likeness (QED) is 0.565. The molecule has 7 nitrogen and oxygen atoms in total. The predicted octanol–water partition coefficient (Wildman–Crippen LogP) is 2.52. The highest BCUT2D eigenvalue weighted by molar-refractivity contribution is 6.42. The van der Waals surface area contributed by atoms with Gasteiger partial charge in [-0.1, -0.05) is 36.2 Å². The van der Waals surface area contributed by atoms with Crippen LogP contribution in [0.5, 0.6) is 0 Å². The highest BCUT2D eigenvalue weighted by Gasteiger charge is 2.31. The fourth-order valence-electron chi connectivity index (χ4n) is 4.21. The van der Waals surface area contributed by atoms with E-state index < -0.39 is 6.10 Å². The summed E-state index contributed by atoms with van der Waals surface area (Å²) in [5, 5.41) is 21.0. The summed E-state index contributed by atoms with van der Waals surface area (Å²) < 4.78 is 0. The Morgan fingerprint density at radius 3 is 2.52 bits per heavy atom. The first kappa shape index (κ1) is 26.0. The summed E-state index contributed by atoms with van der Waals surface area (Å²) in [6, 6.07) is 5.14. The normalized spacial score (nSPS) is 20.8. The van der Waals surface area contributed by atoms with E-state index >= 15 is 0 Å². The fraction of sp³-hybridized carbons (Fsp3) is 0.583. The third-order valence-corrected chi connectivity index (χ3v) is 7.35. The summed E-state index contributed by atoms with van der Waals surface area (Å²) in [6.07, 6.45) is 4.53. The van der Waals surface area contributed by atoms with Gasteiger partial charge in [-0.2, -0.15) is 0 Å². The third-order valence-electron chi connectivity index (χ3n) is 6.61. The van der Waals surface area contributed by atoms with Crippen LogP contribution in [0.3, 0.4) is 0 Å². The average molecular weight is 498 g/mol. The Morgan fingerprint density at radius 2 is 1.85 bits per heavy atom. The van der Waals surface area contributed by atoms with Crippen LogP contribution in [-0.2, 0) is 9.59 Å². The van der Waals surface area contributed by atoms with Gasteiger partial charge in [0.25, 0.3) is 0 Å². The van der Waals surface area contributed by atoms with Crippen LogP contribution in [0, 0.1) is 5.41 Å². The number of hydrogen-bond donors (Lipinski definition) is 2. The molecule has 0 aliphatic carbocycles. The minimum Gasteiger partial charge on any atom is -0.396 e. The van der Waals surface area contributed by atoms with Crippen molar-refractivity contribution in [2.75, 3.05) is 52.4 Å². The molecule has 0 bridgehead atoms. The number of β-amino-alcohol motifs (C(OH)–C–C–N with tert-alkyl or cyclic N) is 1. The topological polar surface area (TPSA) is 84.3 Å². The Hall–Kier alpha value is -1.64. The smallest absolute Gasteiger partial charge is 0.246 e. The SMILES string of the molecule is CC1(CO)CCN(CC(O)CN2CCN(C(=O)/C=C/c3ccc(Cl)c(Cl)c3)CCC2=O)CC1. The maximum absolute atomic E-state index is 12.6. The van der Waals surface area contributed by atoms with Crippen molar-refractivity contribution < 1.29 is 19.8 Å². The number of likely N-dealkylation sites (tertiary alicyclic amines) is 1.